The fourth-order valence-corrected chi connectivity index (χ4v) is 2.95. The van der Waals surface area contributed by atoms with E-state index in [0.29, 0.717) is 28.4 Å². The monoisotopic (exact) mass is 369 g/mol. The number of hydrogen-bond donors (Lipinski definition) is 2. The van der Waals surface area contributed by atoms with Gasteiger partial charge in [0.1, 0.15) is 11.5 Å². The Morgan fingerprint density at radius 3 is 2.19 bits per heavy atom. The molecule has 1 saturated heterocycles. The fourth-order valence-electron chi connectivity index (χ4n) is 2.95. The van der Waals surface area contributed by atoms with Gasteiger partial charge in [0, 0.05) is 5.56 Å². The number of hydrogen-bond acceptors (Lipinski definition) is 6. The zero-order valence-electron chi connectivity index (χ0n) is 15.1. The Hall–Kier alpha value is -3.48. The number of nitrogens with one attached hydrogen (secondary N) is 1. The molecule has 0 aliphatic carbocycles. The standard InChI is InChI=1S/C20H19NO6/c1-25-13-7-4-11(5-8-13)18(22)16-17(21-20(24)19(16)23)12-6-9-14(26-2)15(10-12)27-3/h4-10,17,22H,1-3H3,(H,21,24)/b18-16+/t17-/m0/s1. The van der Waals surface area contributed by atoms with Gasteiger partial charge in [0.2, 0.25) is 0 Å². The van der Waals surface area contributed by atoms with Crippen LogP contribution in [0.25, 0.3) is 5.76 Å². The highest BCUT2D eigenvalue weighted by molar-refractivity contribution is 6.46. The van der Waals surface area contributed by atoms with E-state index in [2.05, 4.69) is 5.32 Å². The molecule has 3 rings (SSSR count). The number of ketones is 1. The number of ether oxygens (including phenoxy) is 3. The number of aliphatic hydroxyl groups excluding tert-OH is 1. The first-order chi connectivity index (χ1) is 13.0. The molecule has 1 aliphatic rings. The van der Waals surface area contributed by atoms with Crippen LogP contribution in [0.3, 0.4) is 0 Å². The first-order valence-electron chi connectivity index (χ1n) is 8.14. The molecule has 140 valence electrons. The molecule has 0 saturated carbocycles. The number of aliphatic hydroxyl groups is 1. The lowest BCUT2D eigenvalue weighted by Gasteiger charge is -2.16. The van der Waals surface area contributed by atoms with E-state index in [0.717, 1.165) is 0 Å². The van der Waals surface area contributed by atoms with Crippen molar-refractivity contribution in [2.24, 2.45) is 0 Å². The van der Waals surface area contributed by atoms with Crippen molar-refractivity contribution in [1.29, 1.82) is 0 Å². The molecule has 7 nitrogen and oxygen atoms in total. The Bertz CT molecular complexity index is 917. The largest absolute Gasteiger partial charge is 0.507 e. The summed E-state index contributed by atoms with van der Waals surface area (Å²) in [4.78, 5) is 24.4. The average Bonchev–Trinajstić information content (AvgIpc) is 3.01. The van der Waals surface area contributed by atoms with Crippen LogP contribution >= 0.6 is 0 Å². The summed E-state index contributed by atoms with van der Waals surface area (Å²) in [6.07, 6.45) is 0. The van der Waals surface area contributed by atoms with Crippen molar-refractivity contribution in [3.8, 4) is 17.2 Å². The maximum Gasteiger partial charge on any atom is 0.293 e. The van der Waals surface area contributed by atoms with E-state index >= 15 is 0 Å². The highest BCUT2D eigenvalue weighted by Gasteiger charge is 2.39. The summed E-state index contributed by atoms with van der Waals surface area (Å²) in [5.41, 5.74) is 0.973. The minimum atomic E-state index is -0.799. The maximum absolute atomic E-state index is 12.4. The summed E-state index contributed by atoms with van der Waals surface area (Å²) in [7, 11) is 4.54. The van der Waals surface area contributed by atoms with E-state index in [9.17, 15) is 14.7 Å². The Kier molecular flexibility index (Phi) is 5.03. The average molecular weight is 369 g/mol. The summed E-state index contributed by atoms with van der Waals surface area (Å²) in [5, 5.41) is 13.3. The summed E-state index contributed by atoms with van der Waals surface area (Å²) in [6.45, 7) is 0. The summed E-state index contributed by atoms with van der Waals surface area (Å²) < 4.78 is 15.6. The molecule has 1 amide bonds. The first-order valence-corrected chi connectivity index (χ1v) is 8.14. The second-order valence-electron chi connectivity index (χ2n) is 5.84. The molecule has 0 bridgehead atoms. The summed E-state index contributed by atoms with van der Waals surface area (Å²) in [5.74, 6) is -0.234. The topological polar surface area (TPSA) is 94.1 Å². The van der Waals surface area contributed by atoms with Crippen LogP contribution in [0.1, 0.15) is 17.2 Å². The third kappa shape index (κ3) is 3.31. The van der Waals surface area contributed by atoms with Crippen molar-refractivity contribution in [2.45, 2.75) is 6.04 Å². The van der Waals surface area contributed by atoms with Gasteiger partial charge in [-0.25, -0.2) is 0 Å². The predicted octanol–water partition coefficient (Wildman–Crippen LogP) is 2.42. The van der Waals surface area contributed by atoms with Crippen LogP contribution in [0, 0.1) is 0 Å². The predicted molar refractivity (Wildman–Crippen MR) is 98.0 cm³/mol. The summed E-state index contributed by atoms with van der Waals surface area (Å²) >= 11 is 0. The van der Waals surface area contributed by atoms with Gasteiger partial charge in [-0.2, -0.15) is 0 Å². The van der Waals surface area contributed by atoms with Gasteiger partial charge in [0.15, 0.2) is 11.5 Å². The van der Waals surface area contributed by atoms with Gasteiger partial charge in [0.05, 0.1) is 32.9 Å². The lowest BCUT2D eigenvalue weighted by atomic mass is 9.95. The lowest BCUT2D eigenvalue weighted by molar-refractivity contribution is -0.133. The normalized spacial score (nSPS) is 18.1. The molecule has 27 heavy (non-hydrogen) atoms. The van der Waals surface area contributed by atoms with Crippen molar-refractivity contribution >= 4 is 17.4 Å². The molecule has 0 unspecified atom stereocenters. The maximum atomic E-state index is 12.4. The van der Waals surface area contributed by atoms with Gasteiger partial charge < -0.3 is 24.6 Å². The van der Waals surface area contributed by atoms with Crippen molar-refractivity contribution in [1.82, 2.24) is 5.32 Å². The molecule has 0 radical (unpaired) electrons. The van der Waals surface area contributed by atoms with Crippen LogP contribution in [-0.4, -0.2) is 38.1 Å². The number of benzene rings is 2. The van der Waals surface area contributed by atoms with Gasteiger partial charge >= 0.3 is 0 Å². The van der Waals surface area contributed by atoms with Crippen molar-refractivity contribution in [3.05, 3.63) is 59.2 Å². The van der Waals surface area contributed by atoms with E-state index < -0.39 is 17.7 Å². The second-order valence-corrected chi connectivity index (χ2v) is 5.84. The van der Waals surface area contributed by atoms with Gasteiger partial charge in [0.25, 0.3) is 11.7 Å². The van der Waals surface area contributed by atoms with E-state index in [1.54, 1.807) is 42.5 Å². The SMILES string of the molecule is COc1ccc(/C(O)=C2\C(=O)C(=O)N[C@H]2c2ccc(OC)c(OC)c2)cc1. The number of methoxy groups -OCH3 is 3. The minimum absolute atomic E-state index is 0.0163. The van der Waals surface area contributed by atoms with Gasteiger partial charge in [-0.15, -0.1) is 0 Å². The van der Waals surface area contributed by atoms with Crippen molar-refractivity contribution in [3.63, 3.8) is 0 Å². The van der Waals surface area contributed by atoms with E-state index in [1.165, 1.54) is 21.3 Å². The van der Waals surface area contributed by atoms with E-state index in [1.807, 2.05) is 0 Å². The van der Waals surface area contributed by atoms with E-state index in [4.69, 9.17) is 14.2 Å². The molecule has 2 N–H and O–H groups in total. The van der Waals surface area contributed by atoms with E-state index in [-0.39, 0.29) is 11.3 Å². The quantitative estimate of drug-likeness (QED) is 0.478. The molecular weight excluding hydrogens is 350 g/mol. The van der Waals surface area contributed by atoms with Gasteiger partial charge in [-0.05, 0) is 42.0 Å². The fraction of sp³-hybridized carbons (Fsp3) is 0.200. The minimum Gasteiger partial charge on any atom is -0.507 e. The number of Topliss-reactive ketones (excluding diaryl/α,β-unsaturated/α-hetero) is 1. The van der Waals surface area contributed by atoms with Crippen LogP contribution in [-0.2, 0) is 9.59 Å². The zero-order chi connectivity index (χ0) is 19.6. The molecular formula is C20H19NO6. The van der Waals surface area contributed by atoms with Gasteiger partial charge in [-0.1, -0.05) is 6.07 Å². The lowest BCUT2D eigenvalue weighted by Crippen LogP contribution is -2.21. The number of rotatable bonds is 5. The molecule has 2 aromatic rings. The number of carbonyl (C=O) groups is 2. The molecule has 0 spiro atoms. The Balaban J connectivity index is 2.08. The third-order valence-corrected chi connectivity index (χ3v) is 4.37. The highest BCUT2D eigenvalue weighted by atomic mass is 16.5. The van der Waals surface area contributed by atoms with Crippen LogP contribution in [0.4, 0.5) is 0 Å². The molecule has 7 heteroatoms. The molecule has 1 heterocycles. The smallest absolute Gasteiger partial charge is 0.293 e. The highest BCUT2D eigenvalue weighted by Crippen LogP contribution is 2.37. The second kappa shape index (κ2) is 7.41. The van der Waals surface area contributed by atoms with Crippen LogP contribution in [0.15, 0.2) is 48.0 Å². The van der Waals surface area contributed by atoms with Crippen molar-refractivity contribution < 1.29 is 28.9 Å². The van der Waals surface area contributed by atoms with Crippen LogP contribution in [0.5, 0.6) is 17.2 Å². The molecule has 0 aromatic heterocycles. The first kappa shape index (κ1) is 18.3. The Labute approximate surface area is 156 Å². The Morgan fingerprint density at radius 2 is 1.59 bits per heavy atom. The van der Waals surface area contributed by atoms with Crippen LogP contribution in [0.2, 0.25) is 0 Å². The molecule has 1 aliphatic heterocycles. The third-order valence-electron chi connectivity index (χ3n) is 4.37. The molecule has 1 fully saturated rings. The zero-order valence-corrected chi connectivity index (χ0v) is 15.1. The number of carbonyl (C=O) groups excluding carboxylic acids is 2. The summed E-state index contributed by atoms with van der Waals surface area (Å²) in [6, 6.07) is 10.8. The van der Waals surface area contributed by atoms with Crippen LogP contribution < -0.4 is 19.5 Å². The number of amides is 1. The molecule has 2 aromatic carbocycles. The van der Waals surface area contributed by atoms with Gasteiger partial charge in [-0.3, -0.25) is 9.59 Å². The molecule has 1 atom stereocenters. The Morgan fingerprint density at radius 1 is 0.926 bits per heavy atom. The van der Waals surface area contributed by atoms with Crippen molar-refractivity contribution in [2.75, 3.05) is 21.3 Å².